The van der Waals surface area contributed by atoms with Gasteiger partial charge in [-0.2, -0.15) is 0 Å². The minimum Gasteiger partial charge on any atom is -0.382 e. The van der Waals surface area contributed by atoms with Gasteiger partial charge >= 0.3 is 0 Å². The summed E-state index contributed by atoms with van der Waals surface area (Å²) in [7, 11) is 1.66. The molecule has 2 aliphatic rings. The molecular weight excluding hydrogens is 325 g/mol. The van der Waals surface area contributed by atoms with E-state index in [4.69, 9.17) is 9.47 Å². The number of ether oxygens (including phenoxy) is 2. The minimum atomic E-state index is -0.209. The third-order valence-electron chi connectivity index (χ3n) is 4.76. The molecular formula is C18H26FN3O3. The fourth-order valence-electron chi connectivity index (χ4n) is 3.41. The number of anilines is 1. The number of carbonyl (C=O) groups excluding carboxylic acids is 1. The first-order valence-electron chi connectivity index (χ1n) is 8.77. The lowest BCUT2D eigenvalue weighted by Crippen LogP contribution is -2.53. The Kier molecular flexibility index (Phi) is 6.23. The van der Waals surface area contributed by atoms with Crippen LogP contribution in [0.5, 0.6) is 0 Å². The summed E-state index contributed by atoms with van der Waals surface area (Å²) in [6.45, 7) is 5.62. The number of benzene rings is 1. The predicted molar refractivity (Wildman–Crippen MR) is 93.2 cm³/mol. The maximum Gasteiger partial charge on any atom is 0.236 e. The Bertz CT molecular complexity index is 576. The van der Waals surface area contributed by atoms with E-state index in [1.807, 2.05) is 15.9 Å². The van der Waals surface area contributed by atoms with Crippen molar-refractivity contribution in [3.05, 3.63) is 30.1 Å². The van der Waals surface area contributed by atoms with Crippen LogP contribution in [0.1, 0.15) is 0 Å². The van der Waals surface area contributed by atoms with Gasteiger partial charge < -0.3 is 19.3 Å². The molecule has 2 saturated heterocycles. The highest BCUT2D eigenvalue weighted by Crippen LogP contribution is 2.20. The summed E-state index contributed by atoms with van der Waals surface area (Å²) >= 11 is 0. The second kappa shape index (κ2) is 8.60. The van der Waals surface area contributed by atoms with Gasteiger partial charge in [0.05, 0.1) is 31.5 Å². The summed E-state index contributed by atoms with van der Waals surface area (Å²) in [5.41, 5.74) is 0.616. The van der Waals surface area contributed by atoms with Crippen molar-refractivity contribution in [1.82, 2.24) is 9.80 Å². The highest BCUT2D eigenvalue weighted by atomic mass is 19.1. The lowest BCUT2D eigenvalue weighted by Gasteiger charge is -2.38. The van der Waals surface area contributed by atoms with Gasteiger partial charge in [0.2, 0.25) is 5.91 Å². The van der Waals surface area contributed by atoms with Crippen molar-refractivity contribution < 1.29 is 18.7 Å². The van der Waals surface area contributed by atoms with Crippen LogP contribution in [0.15, 0.2) is 24.3 Å². The van der Waals surface area contributed by atoms with Crippen molar-refractivity contribution in [3.63, 3.8) is 0 Å². The molecule has 0 N–H and O–H groups in total. The Balaban J connectivity index is 1.48. The van der Waals surface area contributed by atoms with E-state index in [9.17, 15) is 9.18 Å². The summed E-state index contributed by atoms with van der Waals surface area (Å²) in [5, 5.41) is 0. The smallest absolute Gasteiger partial charge is 0.236 e. The van der Waals surface area contributed by atoms with Gasteiger partial charge in [-0.3, -0.25) is 9.69 Å². The Morgan fingerprint density at radius 3 is 2.72 bits per heavy atom. The molecule has 3 rings (SSSR count). The summed E-state index contributed by atoms with van der Waals surface area (Å²) in [4.78, 5) is 18.6. The topological polar surface area (TPSA) is 45.2 Å². The highest BCUT2D eigenvalue weighted by molar-refractivity contribution is 5.78. The molecule has 1 aromatic carbocycles. The molecule has 2 heterocycles. The van der Waals surface area contributed by atoms with Crippen LogP contribution in [0.2, 0.25) is 0 Å². The first-order chi connectivity index (χ1) is 12.2. The fourth-order valence-corrected chi connectivity index (χ4v) is 3.41. The Hall–Kier alpha value is -1.70. The van der Waals surface area contributed by atoms with E-state index >= 15 is 0 Å². The van der Waals surface area contributed by atoms with Gasteiger partial charge in [0, 0.05) is 46.4 Å². The molecule has 1 atom stereocenters. The Morgan fingerprint density at radius 1 is 1.24 bits per heavy atom. The second-order valence-corrected chi connectivity index (χ2v) is 6.50. The molecule has 7 heteroatoms. The number of hydrogen-bond acceptors (Lipinski definition) is 5. The van der Waals surface area contributed by atoms with Crippen LogP contribution >= 0.6 is 0 Å². The number of piperazine rings is 1. The van der Waals surface area contributed by atoms with Crippen molar-refractivity contribution in [2.24, 2.45) is 0 Å². The number of hydrogen-bond donors (Lipinski definition) is 0. The molecule has 0 aromatic heterocycles. The number of halogens is 1. The van der Waals surface area contributed by atoms with E-state index in [1.54, 1.807) is 19.2 Å². The van der Waals surface area contributed by atoms with Crippen LogP contribution in [0, 0.1) is 5.82 Å². The van der Waals surface area contributed by atoms with Crippen molar-refractivity contribution in [2.45, 2.75) is 6.10 Å². The third-order valence-corrected chi connectivity index (χ3v) is 4.76. The molecule has 25 heavy (non-hydrogen) atoms. The average Bonchev–Trinajstić information content (AvgIpc) is 2.63. The Morgan fingerprint density at radius 2 is 2.00 bits per heavy atom. The van der Waals surface area contributed by atoms with Crippen LogP contribution in [-0.2, 0) is 14.3 Å². The first kappa shape index (κ1) is 18.1. The molecule has 0 spiro atoms. The molecule has 0 aliphatic carbocycles. The van der Waals surface area contributed by atoms with Crippen LogP contribution in [0.25, 0.3) is 0 Å². The van der Waals surface area contributed by atoms with Gasteiger partial charge in [-0.05, 0) is 12.1 Å². The molecule has 2 aliphatic heterocycles. The summed E-state index contributed by atoms with van der Waals surface area (Å²) in [6, 6.07) is 6.79. The summed E-state index contributed by atoms with van der Waals surface area (Å²) in [5.74, 6) is -0.0778. The maximum atomic E-state index is 13.9. The summed E-state index contributed by atoms with van der Waals surface area (Å²) < 4.78 is 24.6. The van der Waals surface area contributed by atoms with Gasteiger partial charge in [0.1, 0.15) is 5.82 Å². The first-order valence-corrected chi connectivity index (χ1v) is 8.77. The number of morpholine rings is 1. The van der Waals surface area contributed by atoms with Crippen LogP contribution < -0.4 is 4.90 Å². The average molecular weight is 351 g/mol. The zero-order valence-electron chi connectivity index (χ0n) is 14.7. The third kappa shape index (κ3) is 4.68. The maximum absolute atomic E-state index is 13.9. The van der Waals surface area contributed by atoms with E-state index < -0.39 is 0 Å². The zero-order chi connectivity index (χ0) is 17.6. The number of rotatable bonds is 5. The molecule has 1 aromatic rings. The van der Waals surface area contributed by atoms with E-state index in [-0.39, 0.29) is 17.8 Å². The number of carbonyl (C=O) groups is 1. The lowest BCUT2D eigenvalue weighted by atomic mass is 10.2. The van der Waals surface area contributed by atoms with Crippen LogP contribution in [0.3, 0.4) is 0 Å². The van der Waals surface area contributed by atoms with Crippen molar-refractivity contribution >= 4 is 11.6 Å². The van der Waals surface area contributed by atoms with E-state index in [0.717, 1.165) is 13.1 Å². The molecule has 6 nitrogen and oxygen atoms in total. The minimum absolute atomic E-state index is 0.0319. The van der Waals surface area contributed by atoms with Gasteiger partial charge in [-0.25, -0.2) is 4.39 Å². The van der Waals surface area contributed by atoms with E-state index in [2.05, 4.69) is 4.90 Å². The molecule has 0 bridgehead atoms. The van der Waals surface area contributed by atoms with E-state index in [1.165, 1.54) is 6.07 Å². The molecule has 2 fully saturated rings. The highest BCUT2D eigenvalue weighted by Gasteiger charge is 2.26. The number of para-hydroxylation sites is 1. The summed E-state index contributed by atoms with van der Waals surface area (Å²) in [6.07, 6.45) is 0.0319. The molecule has 0 radical (unpaired) electrons. The number of methoxy groups -OCH3 is 1. The largest absolute Gasteiger partial charge is 0.382 e. The fraction of sp³-hybridized carbons (Fsp3) is 0.611. The van der Waals surface area contributed by atoms with E-state index in [0.29, 0.717) is 51.6 Å². The number of nitrogens with zero attached hydrogens (tertiary/aromatic N) is 3. The van der Waals surface area contributed by atoms with Crippen molar-refractivity contribution in [2.75, 3.05) is 71.0 Å². The number of amides is 1. The predicted octanol–water partition coefficient (Wildman–Crippen LogP) is 0.822. The van der Waals surface area contributed by atoms with Crippen LogP contribution in [0.4, 0.5) is 10.1 Å². The molecule has 138 valence electrons. The Labute approximate surface area is 148 Å². The SMILES string of the molecule is COCC1CN(CC(=O)N2CCN(c3ccccc3F)CC2)CCO1. The molecule has 1 amide bonds. The lowest BCUT2D eigenvalue weighted by molar-refractivity contribution is -0.135. The second-order valence-electron chi connectivity index (χ2n) is 6.50. The quantitative estimate of drug-likeness (QED) is 0.786. The van der Waals surface area contributed by atoms with Gasteiger partial charge in [-0.15, -0.1) is 0 Å². The van der Waals surface area contributed by atoms with Crippen molar-refractivity contribution in [3.8, 4) is 0 Å². The monoisotopic (exact) mass is 351 g/mol. The molecule has 0 saturated carbocycles. The van der Waals surface area contributed by atoms with Gasteiger partial charge in [-0.1, -0.05) is 12.1 Å². The normalized spacial score (nSPS) is 22.2. The zero-order valence-corrected chi connectivity index (χ0v) is 14.7. The molecule has 1 unspecified atom stereocenters. The standard InChI is InChI=1S/C18H26FN3O3/c1-24-14-15-12-20(10-11-25-15)13-18(23)22-8-6-21(7-9-22)17-5-3-2-4-16(17)19/h2-5,15H,6-14H2,1H3. The van der Waals surface area contributed by atoms with Crippen molar-refractivity contribution in [1.29, 1.82) is 0 Å². The van der Waals surface area contributed by atoms with Crippen LogP contribution in [-0.4, -0.2) is 87.9 Å². The van der Waals surface area contributed by atoms with Gasteiger partial charge in [0.25, 0.3) is 0 Å². The van der Waals surface area contributed by atoms with Gasteiger partial charge in [0.15, 0.2) is 0 Å².